The first-order valence-corrected chi connectivity index (χ1v) is 8.57. The van der Waals surface area contributed by atoms with Gasteiger partial charge in [-0.1, -0.05) is 43.5 Å². The van der Waals surface area contributed by atoms with Crippen molar-refractivity contribution in [3.63, 3.8) is 0 Å². The van der Waals surface area contributed by atoms with Crippen molar-refractivity contribution >= 4 is 33.2 Å². The average Bonchev–Trinajstić information content (AvgIpc) is 2.40. The monoisotopic (exact) mass is 338 g/mol. The first-order valence-electron chi connectivity index (χ1n) is 6.38. The fraction of sp³-hybridized carbons (Fsp3) is 0.538. The Bertz CT molecular complexity index is 576. The standard InChI is InChI=1S/C13H20Cl2N2O2S/c1-4-9(2)8-17(3)20(18,19)12-6-11(14)5-10(7-16)13(12)15/h5-6,9H,4,7-8,16H2,1-3H3. The molecule has 0 aliphatic heterocycles. The molecule has 1 aromatic carbocycles. The predicted molar refractivity (Wildman–Crippen MR) is 83.6 cm³/mol. The van der Waals surface area contributed by atoms with Crippen molar-refractivity contribution in [3.8, 4) is 0 Å². The summed E-state index contributed by atoms with van der Waals surface area (Å²) >= 11 is 12.1. The Morgan fingerprint density at radius 1 is 1.35 bits per heavy atom. The van der Waals surface area contributed by atoms with E-state index in [4.69, 9.17) is 28.9 Å². The SMILES string of the molecule is CCC(C)CN(C)S(=O)(=O)c1cc(Cl)cc(CN)c1Cl. The molecule has 0 aliphatic carbocycles. The molecule has 0 amide bonds. The lowest BCUT2D eigenvalue weighted by atomic mass is 10.1. The lowest BCUT2D eigenvalue weighted by Crippen LogP contribution is -2.31. The molecule has 0 radical (unpaired) electrons. The van der Waals surface area contributed by atoms with Crippen LogP contribution in [0.2, 0.25) is 10.0 Å². The summed E-state index contributed by atoms with van der Waals surface area (Å²) in [6.07, 6.45) is 0.900. The van der Waals surface area contributed by atoms with Crippen molar-refractivity contribution in [2.45, 2.75) is 31.7 Å². The third kappa shape index (κ3) is 3.86. The Kier molecular flexibility index (Phi) is 6.28. The van der Waals surface area contributed by atoms with Crippen LogP contribution in [0.15, 0.2) is 17.0 Å². The van der Waals surface area contributed by atoms with Gasteiger partial charge in [0.2, 0.25) is 10.0 Å². The van der Waals surface area contributed by atoms with Gasteiger partial charge < -0.3 is 5.73 Å². The highest BCUT2D eigenvalue weighted by molar-refractivity contribution is 7.89. The molecule has 0 aliphatic rings. The van der Waals surface area contributed by atoms with Crippen LogP contribution in [-0.4, -0.2) is 26.3 Å². The molecule has 1 atom stereocenters. The summed E-state index contributed by atoms with van der Waals surface area (Å²) in [4.78, 5) is 0.0120. The highest BCUT2D eigenvalue weighted by Crippen LogP contribution is 2.31. The lowest BCUT2D eigenvalue weighted by Gasteiger charge is -2.21. The third-order valence-corrected chi connectivity index (χ3v) is 5.88. The van der Waals surface area contributed by atoms with Crippen LogP contribution in [0.3, 0.4) is 0 Å². The Labute approximate surface area is 130 Å². The first-order chi connectivity index (χ1) is 9.23. The van der Waals surface area contributed by atoms with Crippen LogP contribution < -0.4 is 5.73 Å². The van der Waals surface area contributed by atoms with Crippen LogP contribution in [0.1, 0.15) is 25.8 Å². The van der Waals surface area contributed by atoms with Gasteiger partial charge in [-0.05, 0) is 23.6 Å². The molecule has 1 unspecified atom stereocenters. The zero-order valence-electron chi connectivity index (χ0n) is 11.9. The van der Waals surface area contributed by atoms with Crippen molar-refractivity contribution in [2.24, 2.45) is 11.7 Å². The Hall–Kier alpha value is -0.330. The quantitative estimate of drug-likeness (QED) is 0.866. The van der Waals surface area contributed by atoms with E-state index in [-0.39, 0.29) is 22.4 Å². The molecule has 0 bridgehead atoms. The van der Waals surface area contributed by atoms with Crippen LogP contribution in [0.5, 0.6) is 0 Å². The van der Waals surface area contributed by atoms with E-state index in [9.17, 15) is 8.42 Å². The summed E-state index contributed by atoms with van der Waals surface area (Å²) in [6.45, 7) is 4.58. The van der Waals surface area contributed by atoms with Gasteiger partial charge >= 0.3 is 0 Å². The van der Waals surface area contributed by atoms with Crippen molar-refractivity contribution in [3.05, 3.63) is 27.7 Å². The molecule has 1 aromatic rings. The number of rotatable bonds is 6. The van der Waals surface area contributed by atoms with Gasteiger partial charge in [-0.2, -0.15) is 0 Å². The Morgan fingerprint density at radius 3 is 2.45 bits per heavy atom. The molecule has 20 heavy (non-hydrogen) atoms. The van der Waals surface area contributed by atoms with Crippen molar-refractivity contribution in [2.75, 3.05) is 13.6 Å². The normalized spacial score (nSPS) is 13.8. The van der Waals surface area contributed by atoms with Gasteiger partial charge in [-0.15, -0.1) is 0 Å². The minimum atomic E-state index is -3.67. The molecule has 7 heteroatoms. The van der Waals surface area contributed by atoms with E-state index >= 15 is 0 Å². The second kappa shape index (κ2) is 7.09. The van der Waals surface area contributed by atoms with E-state index in [1.807, 2.05) is 13.8 Å². The van der Waals surface area contributed by atoms with Gasteiger partial charge in [0.25, 0.3) is 0 Å². The molecular formula is C13H20Cl2N2O2S. The second-order valence-corrected chi connectivity index (χ2v) is 7.71. The average molecular weight is 339 g/mol. The lowest BCUT2D eigenvalue weighted by molar-refractivity contribution is 0.393. The van der Waals surface area contributed by atoms with Crippen LogP contribution in [0.25, 0.3) is 0 Å². The molecule has 0 saturated heterocycles. The molecule has 0 saturated carbocycles. The van der Waals surface area contributed by atoms with Gasteiger partial charge in [0, 0.05) is 25.2 Å². The number of halogens is 2. The van der Waals surface area contributed by atoms with Crippen LogP contribution >= 0.6 is 23.2 Å². The van der Waals surface area contributed by atoms with Crippen molar-refractivity contribution in [1.82, 2.24) is 4.31 Å². The second-order valence-electron chi connectivity index (χ2n) is 4.88. The smallest absolute Gasteiger partial charge is 0.244 e. The molecule has 0 fully saturated rings. The minimum absolute atomic E-state index is 0.0120. The van der Waals surface area contributed by atoms with E-state index in [1.54, 1.807) is 13.1 Å². The molecule has 4 nitrogen and oxygen atoms in total. The molecule has 2 N–H and O–H groups in total. The largest absolute Gasteiger partial charge is 0.326 e. The molecule has 1 rings (SSSR count). The number of hydrogen-bond donors (Lipinski definition) is 1. The van der Waals surface area contributed by atoms with Crippen LogP contribution in [0, 0.1) is 5.92 Å². The van der Waals surface area contributed by atoms with E-state index in [1.165, 1.54) is 10.4 Å². The number of sulfonamides is 1. The predicted octanol–water partition coefficient (Wildman–Crippen LogP) is 3.12. The van der Waals surface area contributed by atoms with Crippen LogP contribution in [0.4, 0.5) is 0 Å². The van der Waals surface area contributed by atoms with E-state index in [0.29, 0.717) is 17.1 Å². The number of nitrogens with two attached hydrogens (primary N) is 1. The minimum Gasteiger partial charge on any atom is -0.326 e. The summed E-state index contributed by atoms with van der Waals surface area (Å²) in [6, 6.07) is 2.95. The number of hydrogen-bond acceptors (Lipinski definition) is 3. The zero-order valence-corrected chi connectivity index (χ0v) is 14.2. The maximum atomic E-state index is 12.6. The summed E-state index contributed by atoms with van der Waals surface area (Å²) in [5.74, 6) is 0.265. The molecular weight excluding hydrogens is 319 g/mol. The maximum absolute atomic E-state index is 12.6. The first kappa shape index (κ1) is 17.7. The third-order valence-electron chi connectivity index (χ3n) is 3.25. The summed E-state index contributed by atoms with van der Waals surface area (Å²) < 4.78 is 26.4. The molecule has 114 valence electrons. The van der Waals surface area contributed by atoms with Gasteiger partial charge in [0.15, 0.2) is 0 Å². The van der Waals surface area contributed by atoms with Gasteiger partial charge in [0.05, 0.1) is 5.02 Å². The highest BCUT2D eigenvalue weighted by Gasteiger charge is 2.26. The topological polar surface area (TPSA) is 63.4 Å². The Morgan fingerprint density at radius 2 is 1.95 bits per heavy atom. The maximum Gasteiger partial charge on any atom is 0.244 e. The number of benzene rings is 1. The van der Waals surface area contributed by atoms with Crippen molar-refractivity contribution < 1.29 is 8.42 Å². The van der Waals surface area contributed by atoms with E-state index < -0.39 is 10.0 Å². The van der Waals surface area contributed by atoms with Crippen LogP contribution in [-0.2, 0) is 16.6 Å². The number of nitrogens with zero attached hydrogens (tertiary/aromatic N) is 1. The molecule has 0 aromatic heterocycles. The van der Waals surface area contributed by atoms with Crippen molar-refractivity contribution in [1.29, 1.82) is 0 Å². The Balaban J connectivity index is 3.25. The zero-order chi connectivity index (χ0) is 15.5. The van der Waals surface area contributed by atoms with Gasteiger partial charge in [0.1, 0.15) is 4.90 Å². The van der Waals surface area contributed by atoms with Gasteiger partial charge in [-0.25, -0.2) is 12.7 Å². The summed E-state index contributed by atoms with van der Waals surface area (Å²) in [5.41, 5.74) is 6.08. The van der Waals surface area contributed by atoms with Gasteiger partial charge in [-0.3, -0.25) is 0 Å². The fourth-order valence-electron chi connectivity index (χ4n) is 1.79. The summed E-state index contributed by atoms with van der Waals surface area (Å²) in [7, 11) is -2.13. The highest BCUT2D eigenvalue weighted by atomic mass is 35.5. The molecule has 0 spiro atoms. The van der Waals surface area contributed by atoms with E-state index in [2.05, 4.69) is 0 Å². The van der Waals surface area contributed by atoms with E-state index in [0.717, 1.165) is 6.42 Å². The summed E-state index contributed by atoms with van der Waals surface area (Å²) in [5, 5.41) is 0.457. The molecule has 0 heterocycles. The fourth-order valence-corrected chi connectivity index (χ4v) is 3.99.